The highest BCUT2D eigenvalue weighted by atomic mass is 35.5. The SMILES string of the molecule is NC(=O)Cc1cnc(Nc2ccc(N3CCOCC3)cc2)cc1NCc1cc(F)ccc1Cl. The molecule has 1 aliphatic rings. The van der Waals surface area contributed by atoms with E-state index in [0.717, 1.165) is 37.7 Å². The number of primary amides is 1. The summed E-state index contributed by atoms with van der Waals surface area (Å²) in [6, 6.07) is 14.1. The van der Waals surface area contributed by atoms with Crippen molar-refractivity contribution >= 4 is 40.4 Å². The summed E-state index contributed by atoms with van der Waals surface area (Å²) in [4.78, 5) is 18.2. The topological polar surface area (TPSA) is 92.5 Å². The number of halogens is 2. The minimum Gasteiger partial charge on any atom is -0.381 e. The van der Waals surface area contributed by atoms with Crippen molar-refractivity contribution in [2.45, 2.75) is 13.0 Å². The molecule has 0 unspecified atom stereocenters. The highest BCUT2D eigenvalue weighted by molar-refractivity contribution is 6.31. The zero-order chi connectivity index (χ0) is 23.2. The monoisotopic (exact) mass is 469 g/mol. The number of nitrogens with two attached hydrogens (primary N) is 1. The second-order valence-electron chi connectivity index (χ2n) is 7.73. The molecule has 4 rings (SSSR count). The van der Waals surface area contributed by atoms with Crippen LogP contribution in [0.2, 0.25) is 5.02 Å². The highest BCUT2D eigenvalue weighted by Gasteiger charge is 2.12. The number of pyridine rings is 1. The number of nitrogens with zero attached hydrogens (tertiary/aromatic N) is 2. The lowest BCUT2D eigenvalue weighted by molar-refractivity contribution is -0.117. The Morgan fingerprint density at radius 2 is 1.88 bits per heavy atom. The second-order valence-corrected chi connectivity index (χ2v) is 8.14. The molecule has 1 aromatic heterocycles. The van der Waals surface area contributed by atoms with E-state index in [-0.39, 0.29) is 18.8 Å². The molecule has 0 saturated carbocycles. The minimum atomic E-state index is -0.469. The number of hydrogen-bond donors (Lipinski definition) is 3. The molecule has 0 radical (unpaired) electrons. The Morgan fingerprint density at radius 3 is 2.61 bits per heavy atom. The van der Waals surface area contributed by atoms with E-state index >= 15 is 0 Å². The lowest BCUT2D eigenvalue weighted by atomic mass is 10.1. The molecule has 3 aromatic rings. The highest BCUT2D eigenvalue weighted by Crippen LogP contribution is 2.26. The predicted molar refractivity (Wildman–Crippen MR) is 129 cm³/mol. The molecule has 2 aromatic carbocycles. The van der Waals surface area contributed by atoms with E-state index in [1.165, 1.54) is 18.2 Å². The predicted octanol–water partition coefficient (Wildman–Crippen LogP) is 4.09. The van der Waals surface area contributed by atoms with Gasteiger partial charge in [0.15, 0.2) is 0 Å². The van der Waals surface area contributed by atoms with Gasteiger partial charge in [0.05, 0.1) is 19.6 Å². The third kappa shape index (κ3) is 6.12. The van der Waals surface area contributed by atoms with Crippen molar-refractivity contribution in [1.82, 2.24) is 4.98 Å². The molecule has 9 heteroatoms. The Hall–Kier alpha value is -3.36. The maximum Gasteiger partial charge on any atom is 0.221 e. The fraction of sp³-hybridized carbons (Fsp3) is 0.250. The third-order valence-electron chi connectivity index (χ3n) is 5.34. The van der Waals surface area contributed by atoms with Crippen molar-refractivity contribution in [1.29, 1.82) is 0 Å². The number of anilines is 4. The van der Waals surface area contributed by atoms with Crippen molar-refractivity contribution < 1.29 is 13.9 Å². The van der Waals surface area contributed by atoms with Crippen molar-refractivity contribution in [3.05, 3.63) is 76.7 Å². The lowest BCUT2D eigenvalue weighted by Crippen LogP contribution is -2.36. The zero-order valence-electron chi connectivity index (χ0n) is 18.0. The summed E-state index contributed by atoms with van der Waals surface area (Å²) in [6.07, 6.45) is 1.63. The molecule has 0 aliphatic carbocycles. The quantitative estimate of drug-likeness (QED) is 0.460. The van der Waals surface area contributed by atoms with Gasteiger partial charge >= 0.3 is 0 Å². The number of carbonyl (C=O) groups is 1. The molecular formula is C24H25ClFN5O2. The molecule has 1 aliphatic heterocycles. The fourth-order valence-corrected chi connectivity index (χ4v) is 3.82. The number of benzene rings is 2. The van der Waals surface area contributed by atoms with Crippen LogP contribution in [0.1, 0.15) is 11.1 Å². The van der Waals surface area contributed by atoms with Crippen LogP contribution in [0.25, 0.3) is 0 Å². The molecule has 33 heavy (non-hydrogen) atoms. The van der Waals surface area contributed by atoms with Crippen molar-refractivity contribution in [3.63, 3.8) is 0 Å². The standard InChI is InChI=1S/C24H25ClFN5O2/c25-21-6-1-18(26)11-16(21)14-28-22-13-24(29-15-17(22)12-23(27)32)30-19-2-4-20(5-3-19)31-7-9-33-10-8-31/h1-6,11,13,15H,7-10,12,14H2,(H2,27,32)(H2,28,29,30). The Kier molecular flexibility index (Phi) is 7.26. The summed E-state index contributed by atoms with van der Waals surface area (Å²) < 4.78 is 19.0. The van der Waals surface area contributed by atoms with Crippen LogP contribution < -0.4 is 21.3 Å². The molecule has 1 saturated heterocycles. The van der Waals surface area contributed by atoms with Crippen molar-refractivity contribution in [3.8, 4) is 0 Å². The summed E-state index contributed by atoms with van der Waals surface area (Å²) in [5.74, 6) is -0.246. The fourth-order valence-electron chi connectivity index (χ4n) is 3.64. The van der Waals surface area contributed by atoms with Crippen LogP contribution in [-0.2, 0) is 22.5 Å². The van der Waals surface area contributed by atoms with Crippen LogP contribution in [0.15, 0.2) is 54.7 Å². The molecular weight excluding hydrogens is 445 g/mol. The first-order chi connectivity index (χ1) is 16.0. The molecule has 7 nitrogen and oxygen atoms in total. The Balaban J connectivity index is 1.50. The average molecular weight is 470 g/mol. The van der Waals surface area contributed by atoms with E-state index in [1.807, 2.05) is 12.1 Å². The molecule has 2 heterocycles. The summed E-state index contributed by atoms with van der Waals surface area (Å²) in [7, 11) is 0. The Bertz CT molecular complexity index is 1120. The normalized spacial score (nSPS) is 13.6. The lowest BCUT2D eigenvalue weighted by Gasteiger charge is -2.28. The number of carbonyl (C=O) groups excluding carboxylic acids is 1. The van der Waals surface area contributed by atoms with Gasteiger partial charge in [0.1, 0.15) is 11.6 Å². The number of amides is 1. The number of rotatable bonds is 8. The molecule has 4 N–H and O–H groups in total. The number of aromatic nitrogens is 1. The molecule has 1 amide bonds. The Labute approximate surface area is 196 Å². The van der Waals surface area contributed by atoms with E-state index in [2.05, 4.69) is 32.7 Å². The van der Waals surface area contributed by atoms with Gasteiger partial charge in [-0.3, -0.25) is 4.79 Å². The van der Waals surface area contributed by atoms with Crippen molar-refractivity contribution in [2.24, 2.45) is 5.73 Å². The molecule has 172 valence electrons. The first kappa shape index (κ1) is 22.8. The number of morpholine rings is 1. The van der Waals surface area contributed by atoms with Gasteiger partial charge in [0.25, 0.3) is 0 Å². The second kappa shape index (κ2) is 10.5. The van der Waals surface area contributed by atoms with Gasteiger partial charge in [-0.25, -0.2) is 9.37 Å². The average Bonchev–Trinajstić information content (AvgIpc) is 2.82. The first-order valence-corrected chi connectivity index (χ1v) is 11.0. The van der Waals surface area contributed by atoms with Crippen molar-refractivity contribution in [2.75, 3.05) is 41.8 Å². The van der Waals surface area contributed by atoms with Gasteiger partial charge in [0.2, 0.25) is 5.91 Å². The van der Waals surface area contributed by atoms with Crippen LogP contribution in [-0.4, -0.2) is 37.2 Å². The van der Waals surface area contributed by atoms with Gasteiger partial charge < -0.3 is 26.0 Å². The van der Waals surface area contributed by atoms with Crippen LogP contribution >= 0.6 is 11.6 Å². The van der Waals surface area contributed by atoms with E-state index in [9.17, 15) is 9.18 Å². The first-order valence-electron chi connectivity index (χ1n) is 10.6. The van der Waals surface area contributed by atoms with Crippen LogP contribution in [0.3, 0.4) is 0 Å². The smallest absolute Gasteiger partial charge is 0.221 e. The van der Waals surface area contributed by atoms with Gasteiger partial charge in [-0.2, -0.15) is 0 Å². The number of nitrogens with one attached hydrogen (secondary N) is 2. The van der Waals surface area contributed by atoms with E-state index in [1.54, 1.807) is 12.3 Å². The summed E-state index contributed by atoms with van der Waals surface area (Å²) >= 11 is 6.18. The Morgan fingerprint density at radius 1 is 1.12 bits per heavy atom. The molecule has 0 bridgehead atoms. The van der Waals surface area contributed by atoms with Gasteiger partial charge in [-0.05, 0) is 48.0 Å². The molecule has 0 atom stereocenters. The number of hydrogen-bond acceptors (Lipinski definition) is 6. The van der Waals surface area contributed by atoms with Crippen LogP contribution in [0, 0.1) is 5.82 Å². The summed E-state index contributed by atoms with van der Waals surface area (Å²) in [6.45, 7) is 3.50. The van der Waals surface area contributed by atoms with E-state index < -0.39 is 5.91 Å². The van der Waals surface area contributed by atoms with E-state index in [0.29, 0.717) is 27.7 Å². The maximum atomic E-state index is 13.6. The largest absolute Gasteiger partial charge is 0.381 e. The van der Waals surface area contributed by atoms with Gasteiger partial charge in [0, 0.05) is 59.5 Å². The van der Waals surface area contributed by atoms with E-state index in [4.69, 9.17) is 22.1 Å². The van der Waals surface area contributed by atoms with Gasteiger partial charge in [-0.1, -0.05) is 11.6 Å². The van der Waals surface area contributed by atoms with Gasteiger partial charge in [-0.15, -0.1) is 0 Å². The maximum absolute atomic E-state index is 13.6. The number of ether oxygens (including phenoxy) is 1. The molecule has 0 spiro atoms. The van der Waals surface area contributed by atoms with Crippen LogP contribution in [0.5, 0.6) is 0 Å². The summed E-state index contributed by atoms with van der Waals surface area (Å²) in [5.41, 5.74) is 9.32. The minimum absolute atomic E-state index is 0.0285. The third-order valence-corrected chi connectivity index (χ3v) is 5.71. The van der Waals surface area contributed by atoms with Crippen LogP contribution in [0.4, 0.5) is 27.3 Å². The zero-order valence-corrected chi connectivity index (χ0v) is 18.7. The summed E-state index contributed by atoms with van der Waals surface area (Å²) in [5, 5.41) is 6.95. The molecule has 1 fully saturated rings.